The van der Waals surface area contributed by atoms with Crippen molar-refractivity contribution >= 4 is 58.2 Å². The molecule has 0 radical (unpaired) electrons. The molecule has 0 aliphatic carbocycles. The van der Waals surface area contributed by atoms with Gasteiger partial charge in [0.15, 0.2) is 0 Å². The smallest absolute Gasteiger partial charge is 0.373 e. The van der Waals surface area contributed by atoms with Gasteiger partial charge >= 0.3 is 17.7 Å². The van der Waals surface area contributed by atoms with Gasteiger partial charge in [-0.3, -0.25) is 37.8 Å². The lowest BCUT2D eigenvalue weighted by molar-refractivity contribution is -0.191. The summed E-state index contributed by atoms with van der Waals surface area (Å²) in [6.45, 7) is 35.5. The van der Waals surface area contributed by atoms with Crippen molar-refractivity contribution in [2.45, 2.75) is 119 Å². The maximum atomic E-state index is 10.9. The lowest BCUT2D eigenvalue weighted by atomic mass is 10.0. The van der Waals surface area contributed by atoms with E-state index in [0.29, 0.717) is 90.9 Å². The van der Waals surface area contributed by atoms with Crippen LogP contribution in [0.15, 0.2) is 0 Å². The maximum absolute atomic E-state index is 10.9. The average molecular weight is 1290 g/mol. The van der Waals surface area contributed by atoms with Gasteiger partial charge in [-0.25, -0.2) is 0 Å². The lowest BCUT2D eigenvalue weighted by Crippen LogP contribution is -2.59. The van der Waals surface area contributed by atoms with Gasteiger partial charge < -0.3 is 38.5 Å². The molecule has 0 amide bonds. The summed E-state index contributed by atoms with van der Waals surface area (Å²) in [6, 6.07) is 0.747. The van der Waals surface area contributed by atoms with Crippen LogP contribution in [0.2, 0.25) is 0 Å². The molecule has 0 unspecified atom stereocenters. The van der Waals surface area contributed by atoms with Crippen LogP contribution >= 0.6 is 0 Å². The van der Waals surface area contributed by atoms with Crippen molar-refractivity contribution in [3.05, 3.63) is 0 Å². The summed E-state index contributed by atoms with van der Waals surface area (Å²) in [4.78, 5) is 33.2. The summed E-state index contributed by atoms with van der Waals surface area (Å²) >= 11 is -0.750. The molecule has 2 heterocycles. The van der Waals surface area contributed by atoms with E-state index in [4.69, 9.17) is 55.2 Å². The number of ether oxygens (including phenoxy) is 4. The third kappa shape index (κ3) is 62.9. The molecule has 0 atom stereocenters. The van der Waals surface area contributed by atoms with Crippen LogP contribution in [-0.2, 0) is 80.6 Å². The van der Waals surface area contributed by atoms with Crippen molar-refractivity contribution in [1.82, 2.24) is 39.2 Å². The number of piperidine rings is 1. The Bertz CT molecular complexity index is 2000. The molecule has 0 aromatic heterocycles. The van der Waals surface area contributed by atoms with Crippen molar-refractivity contribution in [2.75, 3.05) is 195 Å². The standard InChI is InChI=1S/C13H28N2O4S.2C12H28N2O4S.C11H24N2O4S.CO2.O2S/c1-12(2)19-10-8-15(9-11-20(16,17)18)13-4-6-14(3)7-5-13;2*1-5-13(4)6-7-14(8-10-18-12(2)3)9-11-19(15,16)17;1-10(2)17-6-4-13(5-7-18(14,15)16)11-8-12(3)9-11;2-1-3;1-3-2/h12-13H,4-11H2,1-3H3,(H,16,17,18);2*12H,5-11H2,1-4H3,(H,15,16,17);10-11H,4-9H2,1-3H3,(H,14,15,16);;. The molecule has 33 heteroatoms. The van der Waals surface area contributed by atoms with Crippen LogP contribution in [0, 0.1) is 0 Å². The molecule has 0 aromatic rings. The van der Waals surface area contributed by atoms with E-state index in [1.165, 1.54) is 0 Å². The second kappa shape index (κ2) is 50.4. The molecule has 82 heavy (non-hydrogen) atoms. The second-order valence-electron chi connectivity index (χ2n) is 20.9. The zero-order valence-corrected chi connectivity index (χ0v) is 55.8. The van der Waals surface area contributed by atoms with Gasteiger partial charge in [-0.2, -0.15) is 51.7 Å². The van der Waals surface area contributed by atoms with Crippen molar-refractivity contribution < 1.29 is 88.8 Å². The summed E-state index contributed by atoms with van der Waals surface area (Å²) in [5.41, 5.74) is 0. The van der Waals surface area contributed by atoms with Gasteiger partial charge in [0.25, 0.3) is 40.5 Å². The molecule has 0 saturated carbocycles. The predicted molar refractivity (Wildman–Crippen MR) is 318 cm³/mol. The topological polar surface area (TPSA) is 349 Å². The van der Waals surface area contributed by atoms with E-state index < -0.39 is 52.0 Å². The summed E-state index contributed by atoms with van der Waals surface area (Å²) in [6.07, 6.45) is 3.00. The van der Waals surface area contributed by atoms with Crippen LogP contribution in [0.25, 0.3) is 0 Å². The minimum absolute atomic E-state index is 0.168. The minimum atomic E-state index is -3.90. The molecule has 2 saturated heterocycles. The molecule has 2 rings (SSSR count). The van der Waals surface area contributed by atoms with Gasteiger partial charge in [0, 0.05) is 104 Å². The lowest BCUT2D eigenvalue weighted by Gasteiger charge is -2.43. The fourth-order valence-corrected chi connectivity index (χ4v) is 9.33. The summed E-state index contributed by atoms with van der Waals surface area (Å²) in [5.74, 6) is -0.884. The van der Waals surface area contributed by atoms with Crippen LogP contribution in [0.4, 0.5) is 0 Å². The molecule has 2 aliphatic rings. The van der Waals surface area contributed by atoms with Crippen LogP contribution in [-0.4, -0.2) is 338 Å². The Morgan fingerprint density at radius 1 is 0.463 bits per heavy atom. The summed E-state index contributed by atoms with van der Waals surface area (Å²) < 4.78 is 161. The first-order valence-electron chi connectivity index (χ1n) is 27.7. The van der Waals surface area contributed by atoms with Crippen LogP contribution in [0.5, 0.6) is 0 Å². The average Bonchev–Trinajstić information content (AvgIpc) is 3.33. The van der Waals surface area contributed by atoms with E-state index in [0.717, 1.165) is 78.3 Å². The van der Waals surface area contributed by atoms with Crippen LogP contribution in [0.3, 0.4) is 0 Å². The maximum Gasteiger partial charge on any atom is 0.373 e. The van der Waals surface area contributed by atoms with E-state index in [9.17, 15) is 33.7 Å². The van der Waals surface area contributed by atoms with Crippen LogP contribution < -0.4 is 0 Å². The number of nitrogens with zero attached hydrogens (tertiary/aromatic N) is 8. The highest BCUT2D eigenvalue weighted by molar-refractivity contribution is 7.86. The molecular weight excluding hydrogens is 1180 g/mol. The van der Waals surface area contributed by atoms with Gasteiger partial charge in [-0.1, -0.05) is 13.8 Å². The fraction of sp³-hybridized carbons (Fsp3) is 0.980. The zero-order chi connectivity index (χ0) is 64.1. The summed E-state index contributed by atoms with van der Waals surface area (Å²) in [5, 5.41) is 0. The largest absolute Gasteiger partial charge is 0.377 e. The van der Waals surface area contributed by atoms with Gasteiger partial charge in [0.1, 0.15) is 0 Å². The number of hydrogen-bond acceptors (Lipinski definition) is 24. The highest BCUT2D eigenvalue weighted by atomic mass is 32.2. The number of likely N-dealkylation sites (tertiary alicyclic amines) is 2. The highest BCUT2D eigenvalue weighted by Gasteiger charge is 2.30. The third-order valence-corrected chi connectivity index (χ3v) is 15.2. The van der Waals surface area contributed by atoms with Gasteiger partial charge in [0.05, 0.1) is 73.9 Å². The number of hydrogen-bond donors (Lipinski definition) is 4. The number of rotatable bonds is 38. The van der Waals surface area contributed by atoms with Crippen molar-refractivity contribution in [3.63, 3.8) is 0 Å². The molecule has 0 spiro atoms. The molecule has 2 fully saturated rings. The highest BCUT2D eigenvalue weighted by Crippen LogP contribution is 2.16. The van der Waals surface area contributed by atoms with Gasteiger partial charge in [-0.15, -0.1) is 0 Å². The minimum Gasteiger partial charge on any atom is -0.377 e. The van der Waals surface area contributed by atoms with Gasteiger partial charge in [0.2, 0.25) is 0 Å². The first-order chi connectivity index (χ1) is 37.9. The van der Waals surface area contributed by atoms with Crippen molar-refractivity contribution in [3.8, 4) is 0 Å². The molecule has 28 nitrogen and oxygen atoms in total. The third-order valence-electron chi connectivity index (χ3n) is 12.4. The monoisotopic (exact) mass is 1290 g/mol. The quantitative estimate of drug-likeness (QED) is 0.0610. The normalized spacial score (nSPS) is 14.9. The number of likely N-dealkylation sites (N-methyl/N-ethyl adjacent to an activating group) is 3. The van der Waals surface area contributed by atoms with E-state index in [-0.39, 0.29) is 53.6 Å². The molecular formula is C49H108N8O20S5. The second-order valence-corrected chi connectivity index (χ2v) is 27.4. The Morgan fingerprint density at radius 2 is 0.732 bits per heavy atom. The molecule has 0 aromatic carbocycles. The SMILES string of the molecule is CC(C)OCCN(CCS(=O)(=O)O)C1CCN(C)CC1.CC(C)OCCN(CCS(=O)(=O)O)C1CN(C)C1.CCN(C)CCN(CCOC(C)C)CCS(=O)(=O)O.CCN(C)CCN(CCOC(C)C)CCS(=O)(=O)O.O=C=O.O=S=O. The Morgan fingerprint density at radius 3 is 0.988 bits per heavy atom. The van der Waals surface area contributed by atoms with E-state index >= 15 is 0 Å². The molecule has 2 aliphatic heterocycles. The summed E-state index contributed by atoms with van der Waals surface area (Å²) in [7, 11) is -7.43. The first kappa shape index (κ1) is 86.8. The molecule has 4 N–H and O–H groups in total. The van der Waals surface area contributed by atoms with E-state index in [1.807, 2.05) is 86.3 Å². The Kier molecular flexibility index (Phi) is 53.3. The Balaban J connectivity index is -0.000000478. The predicted octanol–water partition coefficient (Wildman–Crippen LogP) is 0.463. The first-order valence-corrected chi connectivity index (χ1v) is 34.8. The zero-order valence-electron chi connectivity index (χ0n) is 51.7. The van der Waals surface area contributed by atoms with E-state index in [1.54, 1.807) is 0 Å². The van der Waals surface area contributed by atoms with Crippen LogP contribution in [0.1, 0.15) is 82.1 Å². The Hall–Kier alpha value is -1.64. The molecule has 0 bridgehead atoms. The number of carbonyl (C=O) groups excluding carboxylic acids is 2. The van der Waals surface area contributed by atoms with Crippen molar-refractivity contribution in [2.24, 2.45) is 0 Å². The van der Waals surface area contributed by atoms with E-state index in [2.05, 4.69) is 50.3 Å². The van der Waals surface area contributed by atoms with Gasteiger partial charge in [-0.05, 0) is 123 Å². The fourth-order valence-electron chi connectivity index (χ4n) is 7.42. The van der Waals surface area contributed by atoms with Crippen molar-refractivity contribution in [1.29, 1.82) is 0 Å². The molecule has 494 valence electrons. The Labute approximate surface area is 497 Å².